The summed E-state index contributed by atoms with van der Waals surface area (Å²) in [5.74, 6) is -0.216. The van der Waals surface area contributed by atoms with E-state index >= 15 is 0 Å². The van der Waals surface area contributed by atoms with E-state index in [0.717, 1.165) is 6.07 Å². The summed E-state index contributed by atoms with van der Waals surface area (Å²) >= 11 is 5.20. The van der Waals surface area contributed by atoms with Crippen molar-refractivity contribution in [1.29, 1.82) is 0 Å². The number of rotatable bonds is 6. The zero-order chi connectivity index (χ0) is 13.8. The fourth-order valence-corrected chi connectivity index (χ4v) is 1.84. The fourth-order valence-electron chi connectivity index (χ4n) is 1.14. The molecule has 102 valence electrons. The number of nitrogens with one attached hydrogen (secondary N) is 1. The van der Waals surface area contributed by atoms with Crippen LogP contribution in [0.2, 0.25) is 0 Å². The number of hydrogen-bond donors (Lipinski definition) is 1. The number of alkyl halides is 3. The number of ether oxygens (including phenoxy) is 2. The molecule has 0 saturated heterocycles. The fraction of sp³-hybridized carbons (Fsp3) is 0.333. The molecule has 0 amide bonds. The summed E-state index contributed by atoms with van der Waals surface area (Å²) in [6.45, 7) is -3.04. The van der Waals surface area contributed by atoms with Crippen molar-refractivity contribution >= 4 is 27.3 Å². The molecule has 1 aromatic carbocycles. The Balaban J connectivity index is 3.03. The third-order valence-electron chi connectivity index (χ3n) is 1.80. The predicted octanol–water partition coefficient (Wildman–Crippen LogP) is 2.23. The van der Waals surface area contributed by atoms with Gasteiger partial charge in [-0.1, -0.05) is 0 Å². The number of hydrogen-bond acceptors (Lipinski definition) is 4. The summed E-state index contributed by atoms with van der Waals surface area (Å²) < 4.78 is 57.7. The van der Waals surface area contributed by atoms with Crippen molar-refractivity contribution in [1.82, 2.24) is 0 Å². The molecule has 0 fully saturated rings. The second kappa shape index (κ2) is 6.05. The van der Waals surface area contributed by atoms with Gasteiger partial charge < -0.3 is 9.47 Å². The van der Waals surface area contributed by atoms with Gasteiger partial charge in [0.2, 0.25) is 10.0 Å². The molecule has 0 aliphatic carbocycles. The first-order valence-electron chi connectivity index (χ1n) is 4.57. The molecule has 18 heavy (non-hydrogen) atoms. The third-order valence-corrected chi connectivity index (χ3v) is 3.49. The standard InChI is InChI=1S/C9H10ClF2NO4S/c1-16-7-3-2-6(13-18(14,15)5-10)4-8(7)17-9(11)12/h2-4,9,13H,5H2,1H3. The van der Waals surface area contributed by atoms with Crippen molar-refractivity contribution in [3.8, 4) is 11.5 Å². The van der Waals surface area contributed by atoms with Gasteiger partial charge in [0, 0.05) is 6.07 Å². The van der Waals surface area contributed by atoms with Crippen LogP contribution in [0.1, 0.15) is 0 Å². The highest BCUT2D eigenvalue weighted by Gasteiger charge is 2.14. The molecule has 0 bridgehead atoms. The maximum absolute atomic E-state index is 12.1. The molecule has 0 radical (unpaired) electrons. The van der Waals surface area contributed by atoms with Crippen LogP contribution in [0, 0.1) is 0 Å². The number of anilines is 1. The van der Waals surface area contributed by atoms with Gasteiger partial charge in [-0.25, -0.2) is 8.42 Å². The van der Waals surface area contributed by atoms with Gasteiger partial charge in [0.25, 0.3) is 0 Å². The quantitative estimate of drug-likeness (QED) is 0.818. The first-order valence-corrected chi connectivity index (χ1v) is 6.76. The van der Waals surface area contributed by atoms with Crippen molar-refractivity contribution in [3.63, 3.8) is 0 Å². The number of halogens is 3. The predicted molar refractivity (Wildman–Crippen MR) is 62.9 cm³/mol. The smallest absolute Gasteiger partial charge is 0.387 e. The van der Waals surface area contributed by atoms with E-state index < -0.39 is 21.8 Å². The largest absolute Gasteiger partial charge is 0.493 e. The normalized spacial score (nSPS) is 11.4. The minimum atomic E-state index is -3.71. The highest BCUT2D eigenvalue weighted by molar-refractivity contribution is 7.93. The van der Waals surface area contributed by atoms with Crippen LogP contribution in [0.5, 0.6) is 11.5 Å². The second-order valence-electron chi connectivity index (χ2n) is 3.07. The minimum Gasteiger partial charge on any atom is -0.493 e. The molecule has 0 atom stereocenters. The Morgan fingerprint density at radius 3 is 2.56 bits per heavy atom. The molecular formula is C9H10ClF2NO4S. The van der Waals surface area contributed by atoms with Crippen molar-refractivity contribution in [2.24, 2.45) is 0 Å². The summed E-state index contributed by atoms with van der Waals surface area (Å²) in [6, 6.07) is 3.71. The molecule has 1 N–H and O–H groups in total. The van der Waals surface area contributed by atoms with Crippen molar-refractivity contribution in [2.45, 2.75) is 6.61 Å². The van der Waals surface area contributed by atoms with Crippen LogP contribution in [-0.2, 0) is 10.0 Å². The highest BCUT2D eigenvalue weighted by Crippen LogP contribution is 2.31. The van der Waals surface area contributed by atoms with E-state index in [0.29, 0.717) is 0 Å². The summed E-state index contributed by atoms with van der Waals surface area (Å²) in [6.07, 6.45) is 0. The van der Waals surface area contributed by atoms with Crippen molar-refractivity contribution < 1.29 is 26.7 Å². The molecule has 9 heteroatoms. The van der Waals surface area contributed by atoms with Crippen LogP contribution in [0.3, 0.4) is 0 Å². The Labute approximate surface area is 108 Å². The second-order valence-corrected chi connectivity index (χ2v) is 5.38. The Bertz CT molecular complexity index is 509. The Hall–Kier alpha value is -1.28. The average Bonchev–Trinajstić information content (AvgIpc) is 2.28. The number of methoxy groups -OCH3 is 1. The lowest BCUT2D eigenvalue weighted by Gasteiger charge is -2.12. The highest BCUT2D eigenvalue weighted by atomic mass is 35.5. The summed E-state index contributed by atoms with van der Waals surface area (Å²) in [7, 11) is -2.43. The summed E-state index contributed by atoms with van der Waals surface area (Å²) in [5, 5.41) is -0.649. The molecule has 0 aliphatic heterocycles. The summed E-state index contributed by atoms with van der Waals surface area (Å²) in [4.78, 5) is 0. The van der Waals surface area contributed by atoms with Gasteiger partial charge in [-0.2, -0.15) is 8.78 Å². The van der Waals surface area contributed by atoms with E-state index in [1.165, 1.54) is 19.2 Å². The van der Waals surface area contributed by atoms with Crippen molar-refractivity contribution in [2.75, 3.05) is 17.0 Å². The minimum absolute atomic E-state index is 0.0482. The Kier molecular flexibility index (Phi) is 4.97. The van der Waals surface area contributed by atoms with Gasteiger partial charge in [-0.15, -0.1) is 11.6 Å². The molecule has 0 saturated carbocycles. The SMILES string of the molecule is COc1ccc(NS(=O)(=O)CCl)cc1OC(F)F. The molecule has 0 heterocycles. The van der Waals surface area contributed by atoms with Gasteiger partial charge in [-0.05, 0) is 12.1 Å². The van der Waals surface area contributed by atoms with Crippen LogP contribution in [0.4, 0.5) is 14.5 Å². The van der Waals surface area contributed by atoms with Crippen LogP contribution >= 0.6 is 11.6 Å². The molecule has 1 rings (SSSR count). The van der Waals surface area contributed by atoms with Crippen LogP contribution < -0.4 is 14.2 Å². The molecule has 0 unspecified atom stereocenters. The lowest BCUT2D eigenvalue weighted by molar-refractivity contribution is -0.0511. The molecule has 0 spiro atoms. The van der Waals surface area contributed by atoms with Crippen LogP contribution in [0.15, 0.2) is 18.2 Å². The van der Waals surface area contributed by atoms with Gasteiger partial charge >= 0.3 is 6.61 Å². The van der Waals surface area contributed by atoms with Gasteiger partial charge in [0.05, 0.1) is 12.8 Å². The zero-order valence-corrected chi connectivity index (χ0v) is 10.8. The number of sulfonamides is 1. The molecule has 1 aromatic rings. The van der Waals surface area contributed by atoms with Gasteiger partial charge in [0.15, 0.2) is 11.5 Å². The lowest BCUT2D eigenvalue weighted by atomic mass is 10.3. The first-order chi connectivity index (χ1) is 8.38. The van der Waals surface area contributed by atoms with Crippen LogP contribution in [0.25, 0.3) is 0 Å². The maximum Gasteiger partial charge on any atom is 0.387 e. The van der Waals surface area contributed by atoms with E-state index in [1.807, 2.05) is 0 Å². The van der Waals surface area contributed by atoms with Gasteiger partial charge in [0.1, 0.15) is 5.21 Å². The third kappa shape index (κ3) is 4.19. The Morgan fingerprint density at radius 1 is 1.39 bits per heavy atom. The van der Waals surface area contributed by atoms with Crippen LogP contribution in [-0.4, -0.2) is 27.4 Å². The number of benzene rings is 1. The van der Waals surface area contributed by atoms with E-state index in [-0.39, 0.29) is 17.2 Å². The van der Waals surface area contributed by atoms with E-state index in [9.17, 15) is 17.2 Å². The van der Waals surface area contributed by atoms with E-state index in [4.69, 9.17) is 16.3 Å². The van der Waals surface area contributed by atoms with E-state index in [1.54, 1.807) is 0 Å². The first kappa shape index (κ1) is 14.8. The summed E-state index contributed by atoms with van der Waals surface area (Å²) in [5.41, 5.74) is 0.0482. The van der Waals surface area contributed by atoms with E-state index in [2.05, 4.69) is 9.46 Å². The zero-order valence-electron chi connectivity index (χ0n) is 9.19. The maximum atomic E-state index is 12.1. The lowest BCUT2D eigenvalue weighted by Crippen LogP contribution is -2.13. The molecule has 5 nitrogen and oxygen atoms in total. The molecular weight excluding hydrogens is 292 g/mol. The van der Waals surface area contributed by atoms with Gasteiger partial charge in [-0.3, -0.25) is 4.72 Å². The molecule has 0 aromatic heterocycles. The topological polar surface area (TPSA) is 64.6 Å². The van der Waals surface area contributed by atoms with Crippen molar-refractivity contribution in [3.05, 3.63) is 18.2 Å². The Morgan fingerprint density at radius 2 is 2.06 bits per heavy atom. The average molecular weight is 302 g/mol. The molecule has 0 aliphatic rings. The monoisotopic (exact) mass is 301 g/mol.